The van der Waals surface area contributed by atoms with Crippen LogP contribution in [0.5, 0.6) is 0 Å². The number of carbonyl (C=O) groups is 5. The maximum Gasteiger partial charge on any atom is 0.284 e. The Balaban J connectivity index is 0.898. The molecule has 1 aromatic carbocycles. The summed E-state index contributed by atoms with van der Waals surface area (Å²) in [7, 11) is 0. The second kappa shape index (κ2) is 14.5. The fraction of sp³-hybridized carbons (Fsp3) is 0.389. The molecule has 1 unspecified atom stereocenters. The smallest absolute Gasteiger partial charge is 0.284 e. The van der Waals surface area contributed by atoms with Gasteiger partial charge in [-0.3, -0.25) is 43.8 Å². The molecule has 0 spiro atoms. The monoisotopic (exact) mass is 805 g/mol. The Morgan fingerprint density at radius 3 is 2.59 bits per heavy atom. The summed E-state index contributed by atoms with van der Waals surface area (Å²) < 4.78 is 35.7. The number of nitrogens with zero attached hydrogens (tertiary/aromatic N) is 6. The largest absolute Gasteiger partial charge is 0.444 e. The highest BCUT2D eigenvalue weighted by Gasteiger charge is 2.46. The van der Waals surface area contributed by atoms with Gasteiger partial charge in [-0.1, -0.05) is 6.07 Å². The Bertz CT molecular complexity index is 2180. The number of piperidine rings is 2. The van der Waals surface area contributed by atoms with Crippen molar-refractivity contribution in [2.45, 2.75) is 63.6 Å². The lowest BCUT2D eigenvalue weighted by Gasteiger charge is -2.32. The molecule has 3 fully saturated rings. The minimum absolute atomic E-state index is 0.0282. The van der Waals surface area contributed by atoms with E-state index in [0.717, 1.165) is 17.0 Å². The molecular formula is C36H34BrF2N9O6. The van der Waals surface area contributed by atoms with Crippen LogP contribution in [0.1, 0.15) is 93.5 Å². The Labute approximate surface area is 315 Å². The maximum atomic E-state index is 14.1. The molecule has 1 aliphatic carbocycles. The fourth-order valence-electron chi connectivity index (χ4n) is 7.04. The van der Waals surface area contributed by atoms with Crippen LogP contribution >= 0.6 is 15.9 Å². The number of aromatic nitrogens is 4. The second-order valence-corrected chi connectivity index (χ2v) is 14.7. The van der Waals surface area contributed by atoms with Crippen LogP contribution in [0.4, 0.5) is 20.3 Å². The summed E-state index contributed by atoms with van der Waals surface area (Å²) >= 11 is 3.52. The van der Waals surface area contributed by atoms with Gasteiger partial charge in [-0.2, -0.15) is 5.10 Å². The summed E-state index contributed by atoms with van der Waals surface area (Å²) in [4.78, 5) is 75.5. The molecule has 54 heavy (non-hydrogen) atoms. The number of pyridine rings is 1. The van der Waals surface area contributed by atoms with E-state index >= 15 is 0 Å². The Morgan fingerprint density at radius 2 is 1.85 bits per heavy atom. The van der Waals surface area contributed by atoms with Crippen molar-refractivity contribution in [3.63, 3.8) is 0 Å². The van der Waals surface area contributed by atoms with E-state index in [9.17, 15) is 32.8 Å². The Kier molecular flexibility index (Phi) is 9.55. The van der Waals surface area contributed by atoms with Crippen molar-refractivity contribution in [3.05, 3.63) is 75.5 Å². The predicted octanol–water partition coefficient (Wildman–Crippen LogP) is 4.95. The molecule has 15 nitrogen and oxygen atoms in total. The number of imide groups is 2. The first-order chi connectivity index (χ1) is 26.0. The lowest BCUT2D eigenvalue weighted by atomic mass is 10.0. The average Bonchev–Trinajstić information content (AvgIpc) is 3.56. The van der Waals surface area contributed by atoms with Gasteiger partial charge in [0.25, 0.3) is 24.1 Å². The van der Waals surface area contributed by atoms with Gasteiger partial charge in [-0.25, -0.2) is 18.7 Å². The molecule has 2 saturated heterocycles. The number of oxazole rings is 1. The molecule has 0 radical (unpaired) electrons. The number of likely N-dealkylation sites (tertiary alicyclic amines) is 1. The van der Waals surface area contributed by atoms with Gasteiger partial charge in [0.1, 0.15) is 18.1 Å². The number of hydrogen-bond donors (Lipinski definition) is 3. The fourth-order valence-corrected chi connectivity index (χ4v) is 7.68. The number of benzene rings is 1. The van der Waals surface area contributed by atoms with Crippen LogP contribution in [0, 0.1) is 5.92 Å². The summed E-state index contributed by atoms with van der Waals surface area (Å²) in [6.45, 7) is 2.40. The highest BCUT2D eigenvalue weighted by Crippen LogP contribution is 2.36. The highest BCUT2D eigenvalue weighted by atomic mass is 79.9. The van der Waals surface area contributed by atoms with E-state index in [0.29, 0.717) is 54.2 Å². The molecule has 3 N–H and O–H groups in total. The third-order valence-corrected chi connectivity index (χ3v) is 11.1. The average molecular weight is 807 g/mol. The van der Waals surface area contributed by atoms with Crippen LogP contribution in [-0.2, 0) is 16.1 Å². The van der Waals surface area contributed by atoms with E-state index in [2.05, 4.69) is 51.8 Å². The van der Waals surface area contributed by atoms with Gasteiger partial charge in [-0.15, -0.1) is 0 Å². The predicted molar refractivity (Wildman–Crippen MR) is 190 cm³/mol. The van der Waals surface area contributed by atoms with Gasteiger partial charge in [0.15, 0.2) is 11.4 Å². The molecule has 3 aromatic heterocycles. The number of nitrogens with one attached hydrogen (secondary N) is 3. The van der Waals surface area contributed by atoms with Gasteiger partial charge in [0.05, 0.1) is 22.9 Å². The van der Waals surface area contributed by atoms with E-state index in [1.807, 2.05) is 0 Å². The minimum atomic E-state index is -2.94. The molecule has 1 saturated carbocycles. The molecule has 4 aromatic rings. The molecule has 1 atom stereocenters. The molecular weight excluding hydrogens is 772 g/mol. The molecule has 0 bridgehead atoms. The van der Waals surface area contributed by atoms with E-state index < -0.39 is 47.7 Å². The molecule has 5 amide bonds. The number of fused-ring (bicyclic) bond motifs is 1. The Hall–Kier alpha value is -5.36. The molecule has 280 valence electrons. The van der Waals surface area contributed by atoms with Crippen LogP contribution in [0.15, 0.2) is 51.8 Å². The minimum Gasteiger partial charge on any atom is -0.444 e. The zero-order valence-electron chi connectivity index (χ0n) is 28.7. The number of rotatable bonds is 11. The number of alkyl halides is 2. The first-order valence-electron chi connectivity index (χ1n) is 17.6. The quantitative estimate of drug-likeness (QED) is 0.174. The topological polar surface area (TPSA) is 185 Å². The number of hydrogen-bond acceptors (Lipinski definition) is 11. The summed E-state index contributed by atoms with van der Waals surface area (Å²) in [5.74, 6) is -1.53. The van der Waals surface area contributed by atoms with E-state index in [4.69, 9.17) is 4.42 Å². The summed E-state index contributed by atoms with van der Waals surface area (Å²) in [5.41, 5.74) is 0.966. The standard InChI is InChI=1S/C36H34BrF2N9O6/c37-29-20(3-4-22-28(29)36(53)48(35(22)52)25-5-6-27(49)44-33(25)51)15-46-11-8-21(9-12-46)47-16-23(30(45-47)31(38)39)42-32(50)24-17-54-34(43-24)19-7-10-40-26(13-19)41-14-18-1-2-18/h3-4,7,10,13,16-18,21,25,31H,1-2,5-6,8-9,11-12,14-15H2,(H,40,41)(H,42,50)(H,44,49,51). The van der Waals surface area contributed by atoms with Crippen molar-refractivity contribution in [1.29, 1.82) is 0 Å². The third-order valence-electron chi connectivity index (χ3n) is 10.2. The molecule has 6 heterocycles. The number of amides is 5. The van der Waals surface area contributed by atoms with E-state index in [-0.39, 0.29) is 47.3 Å². The van der Waals surface area contributed by atoms with Crippen molar-refractivity contribution < 1.29 is 37.2 Å². The molecule has 8 rings (SSSR count). The van der Waals surface area contributed by atoms with Crippen LogP contribution in [0.25, 0.3) is 11.5 Å². The first kappa shape index (κ1) is 35.7. The van der Waals surface area contributed by atoms with Crippen molar-refractivity contribution in [2.75, 3.05) is 30.3 Å². The number of anilines is 2. The second-order valence-electron chi connectivity index (χ2n) is 13.9. The SMILES string of the molecule is O=C1CCC(N2C(=O)c3ccc(CN4CCC(n5cc(NC(=O)c6coc(-c7ccnc(NCC8CC8)c7)n6)c(C(F)F)n5)CC4)c(Br)c3C2=O)C(=O)N1. The van der Waals surface area contributed by atoms with Crippen LogP contribution in [-0.4, -0.2) is 84.8 Å². The van der Waals surface area contributed by atoms with Crippen molar-refractivity contribution in [1.82, 2.24) is 34.9 Å². The third kappa shape index (κ3) is 7.02. The van der Waals surface area contributed by atoms with Gasteiger partial charge in [-0.05, 0) is 77.7 Å². The highest BCUT2D eigenvalue weighted by molar-refractivity contribution is 9.10. The zero-order chi connectivity index (χ0) is 37.7. The molecule has 18 heteroatoms. The first-order valence-corrected chi connectivity index (χ1v) is 18.4. The van der Waals surface area contributed by atoms with Gasteiger partial charge in [0.2, 0.25) is 17.7 Å². The van der Waals surface area contributed by atoms with Gasteiger partial charge < -0.3 is 15.1 Å². The van der Waals surface area contributed by atoms with Crippen molar-refractivity contribution >= 4 is 57.0 Å². The van der Waals surface area contributed by atoms with Crippen LogP contribution in [0.3, 0.4) is 0 Å². The number of carbonyl (C=O) groups excluding carboxylic acids is 5. The van der Waals surface area contributed by atoms with Crippen molar-refractivity contribution in [3.8, 4) is 11.5 Å². The summed E-state index contributed by atoms with van der Waals surface area (Å²) in [6, 6.07) is 5.52. The molecule has 3 aliphatic heterocycles. The van der Waals surface area contributed by atoms with E-state index in [1.165, 1.54) is 30.0 Å². The zero-order valence-corrected chi connectivity index (χ0v) is 30.3. The summed E-state index contributed by atoms with van der Waals surface area (Å²) in [5, 5.41) is 12.2. The Morgan fingerprint density at radius 1 is 1.06 bits per heavy atom. The lowest BCUT2D eigenvalue weighted by Crippen LogP contribution is -2.54. The normalized spacial score (nSPS) is 19.4. The van der Waals surface area contributed by atoms with Crippen LogP contribution < -0.4 is 16.0 Å². The van der Waals surface area contributed by atoms with Crippen LogP contribution in [0.2, 0.25) is 0 Å². The van der Waals surface area contributed by atoms with Gasteiger partial charge in [0, 0.05) is 55.0 Å². The lowest BCUT2D eigenvalue weighted by molar-refractivity contribution is -0.136. The van der Waals surface area contributed by atoms with Crippen molar-refractivity contribution in [2.24, 2.45) is 5.92 Å². The molecule has 4 aliphatic rings. The number of halogens is 3. The van der Waals surface area contributed by atoms with Gasteiger partial charge >= 0.3 is 0 Å². The maximum absolute atomic E-state index is 14.1. The van der Waals surface area contributed by atoms with E-state index in [1.54, 1.807) is 30.5 Å². The summed E-state index contributed by atoms with van der Waals surface area (Å²) in [6.07, 6.45) is 4.87.